The maximum atomic E-state index is 9.00. The smallest absolute Gasteiger partial charge is 0.202 e. The van der Waals surface area contributed by atoms with E-state index in [1.807, 2.05) is 55.6 Å². The van der Waals surface area contributed by atoms with Gasteiger partial charge in [-0.15, -0.1) is 0 Å². The zero-order valence-electron chi connectivity index (χ0n) is 10.1. The number of nitrogens with one attached hydrogen (secondary N) is 1. The van der Waals surface area contributed by atoms with Gasteiger partial charge < -0.3 is 5.73 Å². The lowest BCUT2D eigenvalue weighted by molar-refractivity contribution is 0.452. The second-order valence-corrected chi connectivity index (χ2v) is 4.14. The minimum absolute atomic E-state index is 0.238. The molecule has 2 rings (SSSR count). The molecule has 0 aromatic heterocycles. The van der Waals surface area contributed by atoms with E-state index >= 15 is 0 Å². The van der Waals surface area contributed by atoms with Crippen LogP contribution in [-0.2, 0) is 0 Å². The fourth-order valence-electron chi connectivity index (χ4n) is 1.97. The molecule has 0 amide bonds. The molecule has 1 atom stereocenters. The van der Waals surface area contributed by atoms with Crippen molar-refractivity contribution in [2.45, 2.75) is 13.0 Å². The Balaban J connectivity index is 2.42. The van der Waals surface area contributed by atoms with Gasteiger partial charge in [-0.05, 0) is 29.3 Å². The summed E-state index contributed by atoms with van der Waals surface area (Å²) < 4.78 is 0. The first-order valence-corrected chi connectivity index (χ1v) is 5.65. The molecule has 0 aliphatic heterocycles. The fraction of sp³-hybridized carbons (Fsp3) is 0.143. The zero-order valence-corrected chi connectivity index (χ0v) is 10.1. The summed E-state index contributed by atoms with van der Waals surface area (Å²) in [5.74, 6) is -0.238. The first-order chi connectivity index (χ1) is 8.63. The van der Waals surface area contributed by atoms with Crippen LogP contribution in [0.5, 0.6) is 0 Å². The number of nitrogens with two attached hydrogens (primary N) is 1. The van der Waals surface area contributed by atoms with Gasteiger partial charge in [0.2, 0.25) is 5.96 Å². The normalized spacial score (nSPS) is 11.8. The lowest BCUT2D eigenvalue weighted by atomic mass is 10.0. The van der Waals surface area contributed by atoms with Crippen LogP contribution >= 0.6 is 0 Å². The number of benzene rings is 2. The van der Waals surface area contributed by atoms with Crippen molar-refractivity contribution in [3.8, 4) is 6.19 Å². The molecule has 0 saturated carbocycles. The van der Waals surface area contributed by atoms with Gasteiger partial charge >= 0.3 is 0 Å². The summed E-state index contributed by atoms with van der Waals surface area (Å²) in [5.41, 5.74) is 6.35. The van der Waals surface area contributed by atoms with E-state index in [1.54, 1.807) is 0 Å². The zero-order chi connectivity index (χ0) is 13.1. The Hall–Kier alpha value is -2.54. The van der Waals surface area contributed by atoms with Crippen LogP contribution in [0.4, 0.5) is 0 Å². The third kappa shape index (κ3) is 2.11. The molecular weight excluding hydrogens is 224 g/mol. The second-order valence-electron chi connectivity index (χ2n) is 4.14. The Labute approximate surface area is 106 Å². The predicted molar refractivity (Wildman–Crippen MR) is 71.7 cm³/mol. The van der Waals surface area contributed by atoms with Gasteiger partial charge in [-0.3, -0.25) is 5.41 Å². The summed E-state index contributed by atoms with van der Waals surface area (Å²) in [6, 6.07) is 13.8. The molecule has 0 bridgehead atoms. The maximum Gasteiger partial charge on any atom is 0.202 e. The van der Waals surface area contributed by atoms with E-state index in [1.165, 1.54) is 4.90 Å². The lowest BCUT2D eigenvalue weighted by Crippen LogP contribution is -2.34. The molecule has 0 spiro atoms. The number of nitriles is 1. The summed E-state index contributed by atoms with van der Waals surface area (Å²) in [5, 5.41) is 18.6. The Morgan fingerprint density at radius 2 is 1.94 bits per heavy atom. The highest BCUT2D eigenvalue weighted by Crippen LogP contribution is 2.23. The van der Waals surface area contributed by atoms with E-state index in [2.05, 4.69) is 0 Å². The summed E-state index contributed by atoms with van der Waals surface area (Å²) in [6.45, 7) is 1.86. The minimum Gasteiger partial charge on any atom is -0.369 e. The van der Waals surface area contributed by atoms with Gasteiger partial charge in [0.25, 0.3) is 0 Å². The standard InChI is InChI=1S/C14H14N4/c1-10(18(9-15)14(16)17)12-7-6-11-4-2-3-5-13(11)8-12/h2-8,10H,1H3,(H3,16,17)/t10-/m1/s1. The van der Waals surface area contributed by atoms with Crippen LogP contribution in [0.3, 0.4) is 0 Å². The van der Waals surface area contributed by atoms with Gasteiger partial charge in [-0.25, -0.2) is 4.90 Å². The van der Waals surface area contributed by atoms with Crippen molar-refractivity contribution >= 4 is 16.7 Å². The molecule has 2 aromatic rings. The van der Waals surface area contributed by atoms with Crippen molar-refractivity contribution in [2.24, 2.45) is 5.73 Å². The fourth-order valence-corrected chi connectivity index (χ4v) is 1.97. The van der Waals surface area contributed by atoms with Gasteiger partial charge in [-0.1, -0.05) is 36.4 Å². The number of hydrogen-bond donors (Lipinski definition) is 2. The molecule has 0 aliphatic rings. The van der Waals surface area contributed by atoms with Crippen LogP contribution in [0.15, 0.2) is 42.5 Å². The van der Waals surface area contributed by atoms with Crippen molar-refractivity contribution in [1.29, 1.82) is 10.7 Å². The Kier molecular flexibility index (Phi) is 3.16. The Morgan fingerprint density at radius 3 is 2.56 bits per heavy atom. The number of hydrogen-bond acceptors (Lipinski definition) is 2. The molecule has 90 valence electrons. The molecule has 2 aromatic carbocycles. The van der Waals surface area contributed by atoms with Gasteiger partial charge in [0.1, 0.15) is 0 Å². The van der Waals surface area contributed by atoms with Gasteiger partial charge in [0, 0.05) is 0 Å². The number of rotatable bonds is 2. The average Bonchev–Trinajstić information content (AvgIpc) is 2.38. The number of guanidine groups is 1. The highest BCUT2D eigenvalue weighted by molar-refractivity contribution is 5.83. The third-order valence-corrected chi connectivity index (χ3v) is 3.01. The van der Waals surface area contributed by atoms with Crippen LogP contribution in [0, 0.1) is 16.9 Å². The molecule has 3 N–H and O–H groups in total. The number of fused-ring (bicyclic) bond motifs is 1. The highest BCUT2D eigenvalue weighted by atomic mass is 15.2. The molecule has 0 heterocycles. The van der Waals surface area contributed by atoms with Crippen LogP contribution in [0.25, 0.3) is 10.8 Å². The van der Waals surface area contributed by atoms with Crippen LogP contribution < -0.4 is 5.73 Å². The largest absolute Gasteiger partial charge is 0.369 e. The molecular formula is C14H14N4. The van der Waals surface area contributed by atoms with Crippen molar-refractivity contribution in [3.05, 3.63) is 48.0 Å². The molecule has 0 aliphatic carbocycles. The first-order valence-electron chi connectivity index (χ1n) is 5.65. The summed E-state index contributed by atoms with van der Waals surface area (Å²) in [6.07, 6.45) is 1.93. The van der Waals surface area contributed by atoms with Gasteiger partial charge in [0.15, 0.2) is 6.19 Å². The average molecular weight is 238 g/mol. The summed E-state index contributed by atoms with van der Waals surface area (Å²) in [4.78, 5) is 1.18. The minimum atomic E-state index is -0.239. The quantitative estimate of drug-likeness (QED) is 0.365. The molecule has 0 fully saturated rings. The van der Waals surface area contributed by atoms with E-state index in [0.717, 1.165) is 16.3 Å². The van der Waals surface area contributed by atoms with E-state index in [-0.39, 0.29) is 12.0 Å². The SMILES string of the molecule is C[C@H](c1ccc2ccccc2c1)N(C#N)C(=N)N. The summed E-state index contributed by atoms with van der Waals surface area (Å²) in [7, 11) is 0. The van der Waals surface area contributed by atoms with Crippen molar-refractivity contribution in [3.63, 3.8) is 0 Å². The molecule has 4 nitrogen and oxygen atoms in total. The molecule has 0 saturated heterocycles. The van der Waals surface area contributed by atoms with Crippen molar-refractivity contribution < 1.29 is 0 Å². The van der Waals surface area contributed by atoms with Crippen molar-refractivity contribution in [2.75, 3.05) is 0 Å². The van der Waals surface area contributed by atoms with Crippen LogP contribution in [0.1, 0.15) is 18.5 Å². The van der Waals surface area contributed by atoms with E-state index < -0.39 is 0 Å². The van der Waals surface area contributed by atoms with Gasteiger partial charge in [-0.2, -0.15) is 5.26 Å². The topological polar surface area (TPSA) is 76.9 Å². The Bertz CT molecular complexity index is 627. The Morgan fingerprint density at radius 1 is 1.28 bits per heavy atom. The second kappa shape index (κ2) is 4.76. The molecule has 4 heteroatoms. The summed E-state index contributed by atoms with van der Waals surface area (Å²) >= 11 is 0. The van der Waals surface area contributed by atoms with Crippen LogP contribution in [0.2, 0.25) is 0 Å². The van der Waals surface area contributed by atoms with E-state index in [0.29, 0.717) is 0 Å². The monoisotopic (exact) mass is 238 g/mol. The molecule has 18 heavy (non-hydrogen) atoms. The third-order valence-electron chi connectivity index (χ3n) is 3.01. The number of nitrogens with zero attached hydrogens (tertiary/aromatic N) is 2. The molecule has 0 unspecified atom stereocenters. The first kappa shape index (κ1) is 11.9. The van der Waals surface area contributed by atoms with Gasteiger partial charge in [0.05, 0.1) is 6.04 Å². The van der Waals surface area contributed by atoms with E-state index in [4.69, 9.17) is 16.4 Å². The highest BCUT2D eigenvalue weighted by Gasteiger charge is 2.16. The predicted octanol–water partition coefficient (Wildman–Crippen LogP) is 2.58. The maximum absolute atomic E-state index is 9.00. The molecule has 0 radical (unpaired) electrons. The van der Waals surface area contributed by atoms with Crippen molar-refractivity contribution in [1.82, 2.24) is 4.90 Å². The van der Waals surface area contributed by atoms with E-state index in [9.17, 15) is 0 Å². The van der Waals surface area contributed by atoms with Crippen LogP contribution in [-0.4, -0.2) is 10.9 Å². The lowest BCUT2D eigenvalue weighted by Gasteiger charge is -2.22.